The van der Waals surface area contributed by atoms with Gasteiger partial charge in [0.05, 0.1) is 0 Å². The average Bonchev–Trinajstić information content (AvgIpc) is 2.94. The molecule has 1 aromatic heterocycles. The molecule has 0 radical (unpaired) electrons. The van der Waals surface area contributed by atoms with Crippen LogP contribution in [-0.2, 0) is 20.8 Å². The van der Waals surface area contributed by atoms with Gasteiger partial charge >= 0.3 is 0 Å². The standard InChI is InChI=1S/C16H20N4O3S/c1-9(21)19-14(8-24)16(23)20-13(15(17)22)6-10-7-18-12-5-3-2-4-11(10)12/h2-5,7,13-14,18,24H,6,8H2,1H3,(H2,17,22)(H,19,21)(H,20,23)/t13-,14-/m0/s1. The molecule has 7 nitrogen and oxygen atoms in total. The Morgan fingerprint density at radius 2 is 1.92 bits per heavy atom. The second kappa shape index (κ2) is 7.87. The van der Waals surface area contributed by atoms with Crippen LogP contribution in [0.25, 0.3) is 10.9 Å². The van der Waals surface area contributed by atoms with E-state index in [1.54, 1.807) is 6.20 Å². The van der Waals surface area contributed by atoms with Gasteiger partial charge in [0.15, 0.2) is 0 Å². The number of aromatic nitrogens is 1. The van der Waals surface area contributed by atoms with Crippen molar-refractivity contribution in [3.8, 4) is 0 Å². The Bertz CT molecular complexity index is 759. The van der Waals surface area contributed by atoms with E-state index in [0.29, 0.717) is 0 Å². The van der Waals surface area contributed by atoms with Crippen molar-refractivity contribution in [2.45, 2.75) is 25.4 Å². The first-order valence-electron chi connectivity index (χ1n) is 7.45. The second-order valence-corrected chi connectivity index (χ2v) is 5.83. The van der Waals surface area contributed by atoms with E-state index in [9.17, 15) is 14.4 Å². The second-order valence-electron chi connectivity index (χ2n) is 5.46. The molecule has 128 valence electrons. The minimum atomic E-state index is -0.882. The minimum absolute atomic E-state index is 0.115. The maximum absolute atomic E-state index is 12.2. The minimum Gasteiger partial charge on any atom is -0.368 e. The summed E-state index contributed by atoms with van der Waals surface area (Å²) in [4.78, 5) is 38.2. The lowest BCUT2D eigenvalue weighted by Crippen LogP contribution is -2.54. The van der Waals surface area contributed by atoms with Crippen molar-refractivity contribution in [2.75, 3.05) is 5.75 Å². The van der Waals surface area contributed by atoms with E-state index >= 15 is 0 Å². The fourth-order valence-corrected chi connectivity index (χ4v) is 2.71. The van der Waals surface area contributed by atoms with Crippen LogP contribution in [-0.4, -0.2) is 40.5 Å². The Morgan fingerprint density at radius 3 is 2.54 bits per heavy atom. The molecule has 0 fully saturated rings. The number of rotatable bonds is 7. The number of benzene rings is 1. The molecule has 0 aliphatic carbocycles. The number of fused-ring (bicyclic) bond motifs is 1. The number of thiol groups is 1. The van der Waals surface area contributed by atoms with Gasteiger partial charge in [-0.1, -0.05) is 18.2 Å². The number of nitrogens with two attached hydrogens (primary N) is 1. The predicted molar refractivity (Wildman–Crippen MR) is 94.6 cm³/mol. The van der Waals surface area contributed by atoms with Crippen molar-refractivity contribution in [1.29, 1.82) is 0 Å². The number of hydrogen-bond acceptors (Lipinski definition) is 4. The van der Waals surface area contributed by atoms with Gasteiger partial charge in [0, 0.05) is 36.2 Å². The highest BCUT2D eigenvalue weighted by Crippen LogP contribution is 2.19. The zero-order valence-electron chi connectivity index (χ0n) is 13.2. The lowest BCUT2D eigenvalue weighted by atomic mass is 10.0. The Hall–Kier alpha value is -2.48. The summed E-state index contributed by atoms with van der Waals surface area (Å²) in [7, 11) is 0. The number of hydrogen-bond donors (Lipinski definition) is 5. The molecule has 5 N–H and O–H groups in total. The highest BCUT2D eigenvalue weighted by Gasteiger charge is 2.25. The number of amides is 3. The molecule has 2 rings (SSSR count). The normalized spacial score (nSPS) is 13.2. The van der Waals surface area contributed by atoms with Crippen molar-refractivity contribution in [1.82, 2.24) is 15.6 Å². The number of primary amides is 1. The molecule has 0 aliphatic rings. The molecule has 0 saturated heterocycles. The fourth-order valence-electron chi connectivity index (χ4n) is 2.45. The van der Waals surface area contributed by atoms with E-state index in [0.717, 1.165) is 16.5 Å². The molecule has 0 aliphatic heterocycles. The van der Waals surface area contributed by atoms with Crippen molar-refractivity contribution in [3.05, 3.63) is 36.0 Å². The highest BCUT2D eigenvalue weighted by atomic mass is 32.1. The zero-order chi connectivity index (χ0) is 17.7. The summed E-state index contributed by atoms with van der Waals surface area (Å²) >= 11 is 4.04. The largest absolute Gasteiger partial charge is 0.368 e. The van der Waals surface area contributed by atoms with Gasteiger partial charge in [0.1, 0.15) is 12.1 Å². The Morgan fingerprint density at radius 1 is 1.21 bits per heavy atom. The van der Waals surface area contributed by atoms with Crippen LogP contribution in [0.2, 0.25) is 0 Å². The number of H-pyrrole nitrogens is 1. The summed E-state index contributed by atoms with van der Waals surface area (Å²) in [6.45, 7) is 1.31. The molecule has 2 aromatic rings. The van der Waals surface area contributed by atoms with Crippen LogP contribution in [0.15, 0.2) is 30.5 Å². The molecule has 8 heteroatoms. The smallest absolute Gasteiger partial charge is 0.244 e. The van der Waals surface area contributed by atoms with E-state index in [4.69, 9.17) is 5.73 Å². The topological polar surface area (TPSA) is 117 Å². The molecule has 0 saturated carbocycles. The molecule has 1 aromatic carbocycles. The summed E-state index contributed by atoms with van der Waals surface area (Å²) in [5.74, 6) is -1.38. The first kappa shape index (κ1) is 17.9. The summed E-state index contributed by atoms with van der Waals surface area (Å²) in [6.07, 6.45) is 2.04. The monoisotopic (exact) mass is 348 g/mol. The van der Waals surface area contributed by atoms with Crippen LogP contribution in [0.1, 0.15) is 12.5 Å². The van der Waals surface area contributed by atoms with E-state index in [1.165, 1.54) is 6.92 Å². The number of carbonyl (C=O) groups excluding carboxylic acids is 3. The van der Waals surface area contributed by atoms with Gasteiger partial charge in [-0.05, 0) is 11.6 Å². The maximum atomic E-state index is 12.2. The number of para-hydroxylation sites is 1. The number of carbonyl (C=O) groups is 3. The van der Waals surface area contributed by atoms with Crippen molar-refractivity contribution in [2.24, 2.45) is 5.73 Å². The molecule has 0 unspecified atom stereocenters. The SMILES string of the molecule is CC(=O)N[C@@H](CS)C(=O)N[C@@H](Cc1c[nH]c2ccccc12)C(N)=O. The van der Waals surface area contributed by atoms with Gasteiger partial charge < -0.3 is 21.4 Å². The van der Waals surface area contributed by atoms with Crippen LogP contribution in [0.5, 0.6) is 0 Å². The molecule has 24 heavy (non-hydrogen) atoms. The van der Waals surface area contributed by atoms with Crippen LogP contribution in [0, 0.1) is 0 Å². The predicted octanol–water partition coefficient (Wildman–Crippen LogP) is 0.115. The average molecular weight is 348 g/mol. The van der Waals surface area contributed by atoms with E-state index in [2.05, 4.69) is 28.2 Å². The molecule has 3 amide bonds. The number of nitrogens with one attached hydrogen (secondary N) is 3. The van der Waals surface area contributed by atoms with Crippen LogP contribution >= 0.6 is 12.6 Å². The van der Waals surface area contributed by atoms with Crippen molar-refractivity contribution < 1.29 is 14.4 Å². The Labute approximate surface area is 144 Å². The lowest BCUT2D eigenvalue weighted by Gasteiger charge is -2.20. The molecule has 0 bridgehead atoms. The lowest BCUT2D eigenvalue weighted by molar-refractivity contribution is -0.130. The third kappa shape index (κ3) is 4.29. The summed E-state index contributed by atoms with van der Waals surface area (Å²) < 4.78 is 0. The van der Waals surface area contributed by atoms with Gasteiger partial charge in [0.2, 0.25) is 17.7 Å². The zero-order valence-corrected chi connectivity index (χ0v) is 14.1. The first-order valence-corrected chi connectivity index (χ1v) is 8.08. The highest BCUT2D eigenvalue weighted by molar-refractivity contribution is 7.80. The van der Waals surface area contributed by atoms with Gasteiger partial charge in [-0.3, -0.25) is 14.4 Å². The van der Waals surface area contributed by atoms with Crippen LogP contribution in [0.3, 0.4) is 0 Å². The van der Waals surface area contributed by atoms with Gasteiger partial charge in [-0.2, -0.15) is 12.6 Å². The van der Waals surface area contributed by atoms with E-state index < -0.39 is 23.9 Å². The molecule has 1 heterocycles. The van der Waals surface area contributed by atoms with Gasteiger partial charge in [-0.15, -0.1) is 0 Å². The fraction of sp³-hybridized carbons (Fsp3) is 0.312. The Kier molecular flexibility index (Phi) is 5.86. The molecular weight excluding hydrogens is 328 g/mol. The quantitative estimate of drug-likeness (QED) is 0.457. The van der Waals surface area contributed by atoms with Crippen molar-refractivity contribution >= 4 is 41.3 Å². The third-order valence-corrected chi connectivity index (χ3v) is 4.00. The maximum Gasteiger partial charge on any atom is 0.244 e. The Balaban J connectivity index is 2.13. The van der Waals surface area contributed by atoms with E-state index in [1.807, 2.05) is 24.3 Å². The first-order chi connectivity index (χ1) is 11.4. The van der Waals surface area contributed by atoms with E-state index in [-0.39, 0.29) is 18.1 Å². The van der Waals surface area contributed by atoms with Gasteiger partial charge in [-0.25, -0.2) is 0 Å². The summed E-state index contributed by atoms with van der Waals surface area (Å²) in [6, 6.07) is 5.94. The molecular formula is C16H20N4O3S. The van der Waals surface area contributed by atoms with Crippen LogP contribution < -0.4 is 16.4 Å². The summed E-state index contributed by atoms with van der Waals surface area (Å²) in [5.41, 5.74) is 7.23. The van der Waals surface area contributed by atoms with Crippen LogP contribution in [0.4, 0.5) is 0 Å². The van der Waals surface area contributed by atoms with Crippen molar-refractivity contribution in [3.63, 3.8) is 0 Å². The number of aromatic amines is 1. The summed E-state index contributed by atoms with van der Waals surface area (Å²) in [5, 5.41) is 6.02. The molecule has 2 atom stereocenters. The molecule has 0 spiro atoms. The third-order valence-electron chi connectivity index (χ3n) is 3.64. The van der Waals surface area contributed by atoms with Gasteiger partial charge in [0.25, 0.3) is 0 Å².